The van der Waals surface area contributed by atoms with Crippen LogP contribution in [0.15, 0.2) is 24.5 Å². The van der Waals surface area contributed by atoms with Crippen molar-refractivity contribution in [3.8, 4) is 0 Å². The molecule has 0 saturated carbocycles. The molecule has 2 heterocycles. The zero-order valence-corrected chi connectivity index (χ0v) is 10.3. The summed E-state index contributed by atoms with van der Waals surface area (Å²) in [7, 11) is 0. The van der Waals surface area contributed by atoms with Crippen molar-refractivity contribution in [1.29, 1.82) is 0 Å². The molecule has 0 saturated heterocycles. The molecule has 5 nitrogen and oxygen atoms in total. The third-order valence-electron chi connectivity index (χ3n) is 2.23. The van der Waals surface area contributed by atoms with Gasteiger partial charge in [0.1, 0.15) is 11.0 Å². The predicted octanol–water partition coefficient (Wildman–Crippen LogP) is 1.93. The molecule has 0 bridgehead atoms. The number of halogens is 1. The third kappa shape index (κ3) is 3.35. The van der Waals surface area contributed by atoms with Gasteiger partial charge < -0.3 is 11.1 Å². The molecule has 0 unspecified atom stereocenters. The Labute approximate surface area is 105 Å². The van der Waals surface area contributed by atoms with Crippen LogP contribution in [0.5, 0.6) is 0 Å². The second-order valence-corrected chi connectivity index (χ2v) is 4.20. The van der Waals surface area contributed by atoms with Crippen molar-refractivity contribution in [3.05, 3.63) is 35.2 Å². The number of nitrogens with two attached hydrogens (primary N) is 1. The number of nitrogen functional groups attached to an aromatic ring is 1. The van der Waals surface area contributed by atoms with E-state index >= 15 is 0 Å². The number of aromatic nitrogens is 3. The fourth-order valence-corrected chi connectivity index (χ4v) is 1.71. The van der Waals surface area contributed by atoms with Gasteiger partial charge in [-0.1, -0.05) is 11.6 Å². The molecule has 2 aromatic heterocycles. The van der Waals surface area contributed by atoms with Gasteiger partial charge in [-0.05, 0) is 18.6 Å². The summed E-state index contributed by atoms with van der Waals surface area (Å²) in [5.74, 6) is 0.680. The van der Waals surface area contributed by atoms with E-state index in [1.807, 2.05) is 24.0 Å². The molecule has 2 rings (SSSR count). The predicted molar refractivity (Wildman–Crippen MR) is 69.1 cm³/mol. The Morgan fingerprint density at radius 1 is 1.47 bits per heavy atom. The van der Waals surface area contributed by atoms with Crippen molar-refractivity contribution >= 4 is 23.1 Å². The minimum Gasteiger partial charge on any atom is -0.399 e. The van der Waals surface area contributed by atoms with Crippen molar-refractivity contribution < 1.29 is 0 Å². The summed E-state index contributed by atoms with van der Waals surface area (Å²) >= 11 is 5.80. The van der Waals surface area contributed by atoms with E-state index < -0.39 is 0 Å². The number of nitrogens with zero attached hydrogens (tertiary/aromatic N) is 3. The molecule has 0 amide bonds. The fraction of sp³-hybridized carbons (Fsp3) is 0.273. The molecule has 0 spiro atoms. The Balaban J connectivity index is 1.89. The van der Waals surface area contributed by atoms with Crippen LogP contribution < -0.4 is 11.1 Å². The first-order valence-electron chi connectivity index (χ1n) is 5.29. The van der Waals surface area contributed by atoms with E-state index in [-0.39, 0.29) is 0 Å². The molecular weight excluding hydrogens is 238 g/mol. The highest BCUT2D eigenvalue weighted by Gasteiger charge is 1.99. The first-order chi connectivity index (χ1) is 8.13. The summed E-state index contributed by atoms with van der Waals surface area (Å²) in [5, 5.41) is 7.73. The fourth-order valence-electron chi connectivity index (χ4n) is 1.50. The molecule has 0 radical (unpaired) electrons. The maximum absolute atomic E-state index is 5.80. The number of aryl methyl sites for hydroxylation is 1. The first kappa shape index (κ1) is 11.7. The lowest BCUT2D eigenvalue weighted by molar-refractivity contribution is 0.637. The Morgan fingerprint density at radius 3 is 2.94 bits per heavy atom. The van der Waals surface area contributed by atoms with E-state index in [1.54, 1.807) is 12.1 Å². The smallest absolute Gasteiger partial charge is 0.133 e. The summed E-state index contributed by atoms with van der Waals surface area (Å²) < 4.78 is 1.87. The van der Waals surface area contributed by atoms with E-state index in [0.29, 0.717) is 23.2 Å². The quantitative estimate of drug-likeness (QED) is 0.815. The summed E-state index contributed by atoms with van der Waals surface area (Å²) in [6.45, 7) is 3.49. The molecule has 0 aliphatic heterocycles. The highest BCUT2D eigenvalue weighted by atomic mass is 35.5. The van der Waals surface area contributed by atoms with Gasteiger partial charge in [0.05, 0.1) is 12.7 Å². The van der Waals surface area contributed by atoms with Crippen LogP contribution in [-0.4, -0.2) is 21.3 Å². The highest BCUT2D eigenvalue weighted by Crippen LogP contribution is 2.15. The highest BCUT2D eigenvalue weighted by molar-refractivity contribution is 6.29. The lowest BCUT2D eigenvalue weighted by atomic mass is 10.4. The van der Waals surface area contributed by atoms with Crippen molar-refractivity contribution in [1.82, 2.24) is 14.8 Å². The summed E-state index contributed by atoms with van der Waals surface area (Å²) in [4.78, 5) is 4.12. The third-order valence-corrected chi connectivity index (χ3v) is 2.42. The van der Waals surface area contributed by atoms with E-state index in [9.17, 15) is 0 Å². The molecule has 0 atom stereocenters. The van der Waals surface area contributed by atoms with Gasteiger partial charge in [0.2, 0.25) is 0 Å². The maximum Gasteiger partial charge on any atom is 0.133 e. The minimum absolute atomic E-state index is 0.391. The first-order valence-corrected chi connectivity index (χ1v) is 5.67. The van der Waals surface area contributed by atoms with E-state index in [1.165, 1.54) is 0 Å². The molecule has 0 aliphatic carbocycles. The Kier molecular flexibility index (Phi) is 3.49. The Hall–Kier alpha value is -1.75. The standard InChI is InChI=1S/C11H14ClN5/c1-8-6-15-17(7-8)3-2-14-11-5-9(13)4-10(12)16-11/h4-7H,2-3H2,1H3,(H3,13,14,16). The Bertz CT molecular complexity index is 488. The summed E-state index contributed by atoms with van der Waals surface area (Å²) in [5.41, 5.74) is 7.41. The lowest BCUT2D eigenvalue weighted by Gasteiger charge is -2.06. The summed E-state index contributed by atoms with van der Waals surface area (Å²) in [6.07, 6.45) is 3.82. The lowest BCUT2D eigenvalue weighted by Crippen LogP contribution is -2.11. The van der Waals surface area contributed by atoms with Gasteiger partial charge in [0.25, 0.3) is 0 Å². The second kappa shape index (κ2) is 5.05. The van der Waals surface area contributed by atoms with E-state index in [2.05, 4.69) is 15.4 Å². The Morgan fingerprint density at radius 2 is 2.29 bits per heavy atom. The van der Waals surface area contributed by atoms with Crippen LogP contribution in [0.25, 0.3) is 0 Å². The van der Waals surface area contributed by atoms with Gasteiger partial charge in [-0.15, -0.1) is 0 Å². The van der Waals surface area contributed by atoms with Crippen molar-refractivity contribution in [2.75, 3.05) is 17.6 Å². The molecule has 0 fully saturated rings. The maximum atomic E-state index is 5.80. The van der Waals surface area contributed by atoms with Crippen LogP contribution in [0, 0.1) is 6.92 Å². The number of rotatable bonds is 4. The van der Waals surface area contributed by atoms with Crippen LogP contribution >= 0.6 is 11.6 Å². The van der Waals surface area contributed by atoms with Crippen molar-refractivity contribution in [2.45, 2.75) is 13.5 Å². The van der Waals surface area contributed by atoms with Gasteiger partial charge in [-0.3, -0.25) is 4.68 Å². The number of hydrogen-bond donors (Lipinski definition) is 2. The normalized spacial score (nSPS) is 10.5. The van der Waals surface area contributed by atoms with Crippen molar-refractivity contribution in [2.24, 2.45) is 0 Å². The van der Waals surface area contributed by atoms with Gasteiger partial charge in [-0.2, -0.15) is 5.10 Å². The molecule has 0 aromatic carbocycles. The van der Waals surface area contributed by atoms with E-state index in [4.69, 9.17) is 17.3 Å². The van der Waals surface area contributed by atoms with Crippen molar-refractivity contribution in [3.63, 3.8) is 0 Å². The zero-order valence-electron chi connectivity index (χ0n) is 9.52. The molecule has 6 heteroatoms. The number of hydrogen-bond acceptors (Lipinski definition) is 4. The van der Waals surface area contributed by atoms with Crippen LogP contribution in [0.1, 0.15) is 5.56 Å². The van der Waals surface area contributed by atoms with Gasteiger partial charge >= 0.3 is 0 Å². The molecule has 0 aliphatic rings. The molecule has 3 N–H and O–H groups in total. The number of anilines is 2. The summed E-state index contributed by atoms with van der Waals surface area (Å²) in [6, 6.07) is 3.36. The average molecular weight is 252 g/mol. The SMILES string of the molecule is Cc1cnn(CCNc2cc(N)cc(Cl)n2)c1. The largest absolute Gasteiger partial charge is 0.399 e. The van der Waals surface area contributed by atoms with Gasteiger partial charge in [-0.25, -0.2) is 4.98 Å². The molecule has 90 valence electrons. The van der Waals surface area contributed by atoms with E-state index in [0.717, 1.165) is 12.1 Å². The molecule has 17 heavy (non-hydrogen) atoms. The number of pyridine rings is 1. The zero-order chi connectivity index (χ0) is 12.3. The van der Waals surface area contributed by atoms with Crippen LogP contribution in [0.2, 0.25) is 5.15 Å². The number of nitrogens with one attached hydrogen (secondary N) is 1. The topological polar surface area (TPSA) is 68.8 Å². The van der Waals surface area contributed by atoms with Gasteiger partial charge in [0.15, 0.2) is 0 Å². The average Bonchev–Trinajstić information content (AvgIpc) is 2.63. The molecular formula is C11H14ClN5. The van der Waals surface area contributed by atoms with Gasteiger partial charge in [0, 0.05) is 24.5 Å². The van der Waals surface area contributed by atoms with Crippen LogP contribution in [0.3, 0.4) is 0 Å². The van der Waals surface area contributed by atoms with Crippen LogP contribution in [-0.2, 0) is 6.54 Å². The minimum atomic E-state index is 0.391. The second-order valence-electron chi connectivity index (χ2n) is 3.82. The molecule has 2 aromatic rings. The van der Waals surface area contributed by atoms with Crippen LogP contribution in [0.4, 0.5) is 11.5 Å². The monoisotopic (exact) mass is 251 g/mol.